The molecule has 32 heavy (non-hydrogen) atoms. The van der Waals surface area contributed by atoms with Crippen LogP contribution in [0.25, 0.3) is 0 Å². The monoisotopic (exact) mass is 552 g/mol. The van der Waals surface area contributed by atoms with Crippen molar-refractivity contribution in [3.05, 3.63) is 53.3 Å². The predicted molar refractivity (Wildman–Crippen MR) is 140 cm³/mol. The number of fused-ring (bicyclic) bond motifs is 1. The van der Waals surface area contributed by atoms with Crippen molar-refractivity contribution in [2.45, 2.75) is 45.4 Å². The molecule has 8 heteroatoms. The van der Waals surface area contributed by atoms with E-state index < -0.39 is 0 Å². The number of ether oxygens (including phenoxy) is 1. The van der Waals surface area contributed by atoms with Crippen LogP contribution in [-0.4, -0.2) is 70.4 Å². The average Bonchev–Trinajstić information content (AvgIpc) is 3.23. The molecule has 1 fully saturated rings. The van der Waals surface area contributed by atoms with Gasteiger partial charge < -0.3 is 15.0 Å². The van der Waals surface area contributed by atoms with Gasteiger partial charge in [0.25, 0.3) is 0 Å². The van der Waals surface area contributed by atoms with Crippen LogP contribution in [0, 0.1) is 0 Å². The number of aryl methyl sites for hydroxylation is 1. The normalized spacial score (nSPS) is 19.9. The summed E-state index contributed by atoms with van der Waals surface area (Å²) >= 11 is 0. The van der Waals surface area contributed by atoms with E-state index in [1.165, 1.54) is 11.1 Å². The Hall–Kier alpha value is -1.65. The van der Waals surface area contributed by atoms with E-state index in [0.717, 1.165) is 57.2 Å². The molecule has 2 aliphatic heterocycles. The average molecular weight is 553 g/mol. The zero-order valence-corrected chi connectivity index (χ0v) is 22.1. The van der Waals surface area contributed by atoms with Gasteiger partial charge in [-0.05, 0) is 38.3 Å². The summed E-state index contributed by atoms with van der Waals surface area (Å²) in [6.07, 6.45) is 5.07. The number of halogens is 1. The first-order valence-electron chi connectivity index (χ1n) is 11.4. The van der Waals surface area contributed by atoms with Gasteiger partial charge in [-0.25, -0.2) is 0 Å². The van der Waals surface area contributed by atoms with Crippen LogP contribution in [0.15, 0.2) is 41.7 Å². The van der Waals surface area contributed by atoms with Gasteiger partial charge >= 0.3 is 0 Å². The van der Waals surface area contributed by atoms with Crippen molar-refractivity contribution in [3.63, 3.8) is 0 Å². The predicted octanol–water partition coefficient (Wildman–Crippen LogP) is 3.21. The molecule has 1 aromatic heterocycles. The highest BCUT2D eigenvalue weighted by molar-refractivity contribution is 14.0. The van der Waals surface area contributed by atoms with Crippen molar-refractivity contribution in [1.82, 2.24) is 24.9 Å². The number of benzene rings is 1. The molecule has 1 aromatic carbocycles. The van der Waals surface area contributed by atoms with Crippen molar-refractivity contribution < 1.29 is 4.74 Å². The first-order chi connectivity index (χ1) is 15.0. The molecular weight excluding hydrogens is 515 g/mol. The quantitative estimate of drug-likeness (QED) is 0.351. The van der Waals surface area contributed by atoms with Crippen LogP contribution in [0.2, 0.25) is 0 Å². The maximum atomic E-state index is 6.02. The topological polar surface area (TPSA) is 57.9 Å². The van der Waals surface area contributed by atoms with E-state index >= 15 is 0 Å². The number of morpholine rings is 1. The number of hydrogen-bond donors (Lipinski definition) is 1. The molecular formula is C24H37IN6O. The number of nitrogens with zero attached hydrogens (tertiary/aromatic N) is 5. The van der Waals surface area contributed by atoms with Crippen LogP contribution < -0.4 is 5.32 Å². The summed E-state index contributed by atoms with van der Waals surface area (Å²) < 4.78 is 7.85. The highest BCUT2D eigenvalue weighted by Gasteiger charge is 2.31. The summed E-state index contributed by atoms with van der Waals surface area (Å²) in [5, 5.41) is 7.80. The van der Waals surface area contributed by atoms with E-state index in [4.69, 9.17) is 9.73 Å². The fourth-order valence-electron chi connectivity index (χ4n) is 4.46. The lowest BCUT2D eigenvalue weighted by Crippen LogP contribution is -2.51. The Morgan fingerprint density at radius 2 is 2.03 bits per heavy atom. The standard InChI is InChI=1S/C24H36N6O.HI/c1-5-25-23(29-12-13-31-22(17-29)21-14-27-28(4)15-21)26-18-24(2,3)30-11-10-19-8-6-7-9-20(19)16-30;/h6-9,14-15,22H,5,10-13,16-18H2,1-4H3,(H,25,26);1H. The molecule has 176 valence electrons. The molecule has 2 aliphatic rings. The molecule has 1 N–H and O–H groups in total. The first kappa shape index (κ1) is 25.0. The molecule has 0 aliphatic carbocycles. The van der Waals surface area contributed by atoms with Gasteiger partial charge in [-0.2, -0.15) is 5.10 Å². The van der Waals surface area contributed by atoms with Crippen molar-refractivity contribution >= 4 is 29.9 Å². The molecule has 2 aromatic rings. The van der Waals surface area contributed by atoms with E-state index in [0.29, 0.717) is 6.61 Å². The second-order valence-corrected chi connectivity index (χ2v) is 9.18. The molecule has 1 saturated heterocycles. The molecule has 0 radical (unpaired) electrons. The fourth-order valence-corrected chi connectivity index (χ4v) is 4.46. The highest BCUT2D eigenvalue weighted by Crippen LogP contribution is 2.26. The van der Waals surface area contributed by atoms with E-state index in [2.05, 4.69) is 65.3 Å². The van der Waals surface area contributed by atoms with Gasteiger partial charge in [-0.15, -0.1) is 24.0 Å². The van der Waals surface area contributed by atoms with E-state index in [-0.39, 0.29) is 35.6 Å². The van der Waals surface area contributed by atoms with E-state index in [1.807, 2.05) is 24.1 Å². The molecule has 0 spiro atoms. The molecule has 3 heterocycles. The Kier molecular flexibility index (Phi) is 8.57. The Balaban J connectivity index is 0.00000289. The Labute approximate surface area is 209 Å². The number of aliphatic imine (C=N–C) groups is 1. The SMILES string of the molecule is CCNC(=NCC(C)(C)N1CCc2ccccc2C1)N1CCOC(c2cnn(C)c2)C1.I. The van der Waals surface area contributed by atoms with Gasteiger partial charge in [-0.1, -0.05) is 24.3 Å². The van der Waals surface area contributed by atoms with Gasteiger partial charge in [0.05, 0.1) is 25.9 Å². The van der Waals surface area contributed by atoms with E-state index in [9.17, 15) is 0 Å². The molecule has 7 nitrogen and oxygen atoms in total. The van der Waals surface area contributed by atoms with E-state index in [1.54, 1.807) is 0 Å². The summed E-state index contributed by atoms with van der Waals surface area (Å²) in [4.78, 5) is 9.98. The van der Waals surface area contributed by atoms with Crippen molar-refractivity contribution in [2.24, 2.45) is 12.0 Å². The van der Waals surface area contributed by atoms with Crippen molar-refractivity contribution in [3.8, 4) is 0 Å². The van der Waals surface area contributed by atoms with Crippen molar-refractivity contribution in [1.29, 1.82) is 0 Å². The number of nitrogens with one attached hydrogen (secondary N) is 1. The Morgan fingerprint density at radius 3 is 2.75 bits per heavy atom. The second-order valence-electron chi connectivity index (χ2n) is 9.18. The third-order valence-electron chi connectivity index (χ3n) is 6.40. The van der Waals surface area contributed by atoms with Crippen LogP contribution in [0.4, 0.5) is 0 Å². The minimum absolute atomic E-state index is 0. The smallest absolute Gasteiger partial charge is 0.194 e. The van der Waals surface area contributed by atoms with Crippen LogP contribution in [0.1, 0.15) is 43.6 Å². The van der Waals surface area contributed by atoms with Crippen molar-refractivity contribution in [2.75, 3.05) is 39.3 Å². The molecule has 1 atom stereocenters. The number of hydrogen-bond acceptors (Lipinski definition) is 4. The molecule has 0 saturated carbocycles. The number of rotatable bonds is 5. The summed E-state index contributed by atoms with van der Waals surface area (Å²) in [7, 11) is 1.94. The molecule has 1 unspecified atom stereocenters. The number of guanidine groups is 1. The van der Waals surface area contributed by atoms with Crippen LogP contribution in [0.3, 0.4) is 0 Å². The largest absolute Gasteiger partial charge is 0.370 e. The minimum atomic E-state index is -0.0107. The Bertz CT molecular complexity index is 911. The maximum absolute atomic E-state index is 6.02. The Morgan fingerprint density at radius 1 is 1.25 bits per heavy atom. The lowest BCUT2D eigenvalue weighted by Gasteiger charge is -2.41. The van der Waals surface area contributed by atoms with Gasteiger partial charge in [-0.3, -0.25) is 14.6 Å². The highest BCUT2D eigenvalue weighted by atomic mass is 127. The summed E-state index contributed by atoms with van der Waals surface area (Å²) in [5.74, 6) is 0.977. The lowest BCUT2D eigenvalue weighted by molar-refractivity contribution is -0.00816. The van der Waals surface area contributed by atoms with Crippen LogP contribution in [0.5, 0.6) is 0 Å². The van der Waals surface area contributed by atoms with Crippen LogP contribution >= 0.6 is 24.0 Å². The van der Waals surface area contributed by atoms with Gasteiger partial charge in [0, 0.05) is 50.5 Å². The van der Waals surface area contributed by atoms with Gasteiger partial charge in [0.15, 0.2) is 5.96 Å². The molecule has 4 rings (SSSR count). The van der Waals surface area contributed by atoms with Crippen LogP contribution in [-0.2, 0) is 24.8 Å². The third-order valence-corrected chi connectivity index (χ3v) is 6.40. The number of aromatic nitrogens is 2. The maximum Gasteiger partial charge on any atom is 0.194 e. The van der Waals surface area contributed by atoms with Gasteiger partial charge in [0.2, 0.25) is 0 Å². The third kappa shape index (κ3) is 5.82. The summed E-state index contributed by atoms with van der Waals surface area (Å²) in [6.45, 7) is 12.8. The first-order valence-corrected chi connectivity index (χ1v) is 11.4. The molecule has 0 bridgehead atoms. The zero-order valence-electron chi connectivity index (χ0n) is 19.8. The minimum Gasteiger partial charge on any atom is -0.370 e. The summed E-state index contributed by atoms with van der Waals surface area (Å²) in [6, 6.07) is 8.82. The zero-order chi connectivity index (χ0) is 21.8. The van der Waals surface area contributed by atoms with Gasteiger partial charge in [0.1, 0.15) is 6.10 Å². The lowest BCUT2D eigenvalue weighted by atomic mass is 9.94. The summed E-state index contributed by atoms with van der Waals surface area (Å²) in [5.41, 5.74) is 4.05. The fraction of sp³-hybridized carbons (Fsp3) is 0.583. The molecule has 0 amide bonds. The second kappa shape index (κ2) is 11.0.